The van der Waals surface area contributed by atoms with E-state index in [9.17, 15) is 0 Å². The molecule has 0 heterocycles. The van der Waals surface area contributed by atoms with Crippen LogP contribution in [0.3, 0.4) is 0 Å². The van der Waals surface area contributed by atoms with E-state index in [0.717, 1.165) is 18.6 Å². The van der Waals surface area contributed by atoms with Gasteiger partial charge in [-0.3, -0.25) is 0 Å². The van der Waals surface area contributed by atoms with Gasteiger partial charge in [-0.2, -0.15) is 0 Å². The van der Waals surface area contributed by atoms with Crippen molar-refractivity contribution in [2.24, 2.45) is 0 Å². The first-order chi connectivity index (χ1) is 4.33. The van der Waals surface area contributed by atoms with Crippen molar-refractivity contribution in [3.05, 3.63) is 23.5 Å². The lowest BCUT2D eigenvalue weighted by atomic mass is 10.1. The predicted octanol–water partition coefficient (Wildman–Crippen LogP) is 2.42. The van der Waals surface area contributed by atoms with Crippen LogP contribution in [0, 0.1) is 0 Å². The van der Waals surface area contributed by atoms with Crippen molar-refractivity contribution >= 4 is 9.47 Å². The van der Waals surface area contributed by atoms with E-state index in [4.69, 9.17) is 4.52 Å². The van der Waals surface area contributed by atoms with Crippen LogP contribution >= 0.6 is 9.47 Å². The molecule has 9 heavy (non-hydrogen) atoms. The lowest BCUT2D eigenvalue weighted by Crippen LogP contribution is -1.89. The maximum atomic E-state index is 4.97. The zero-order valence-corrected chi connectivity index (χ0v) is 6.71. The third-order valence-corrected chi connectivity index (χ3v) is 1.77. The van der Waals surface area contributed by atoms with Crippen molar-refractivity contribution < 1.29 is 4.52 Å². The highest BCUT2D eigenvalue weighted by Gasteiger charge is 2.00. The van der Waals surface area contributed by atoms with Gasteiger partial charge in [-0.05, 0) is 19.4 Å². The zero-order valence-electron chi connectivity index (χ0n) is 5.55. The van der Waals surface area contributed by atoms with Crippen LogP contribution in [-0.4, -0.2) is 0 Å². The molecule has 0 N–H and O–H groups in total. The van der Waals surface area contributed by atoms with Gasteiger partial charge in [-0.15, -0.1) is 0 Å². The highest BCUT2D eigenvalue weighted by molar-refractivity contribution is 7.10. The Morgan fingerprint density at radius 2 is 2.22 bits per heavy atom. The fourth-order valence-electron chi connectivity index (χ4n) is 0.820. The van der Waals surface area contributed by atoms with Crippen LogP contribution < -0.4 is 0 Å². The Labute approximate surface area is 58.1 Å². The molecule has 0 bridgehead atoms. The molecule has 1 rings (SSSR count). The van der Waals surface area contributed by atoms with Gasteiger partial charge in [0.1, 0.15) is 0 Å². The van der Waals surface area contributed by atoms with Crippen LogP contribution in [0.25, 0.3) is 0 Å². The molecule has 2 heteroatoms. The van der Waals surface area contributed by atoms with Gasteiger partial charge in [0.2, 0.25) is 0 Å². The maximum Gasteiger partial charge on any atom is 0.0995 e. The standard InChI is InChI=1S/C7H11OP/c1-6-2-4-7(8-9)5-3-6/h2,4H,3,5,9H2,1H3. The normalized spacial score (nSPS) is 18.4. The van der Waals surface area contributed by atoms with Crippen LogP contribution in [0.4, 0.5) is 0 Å². The molecule has 0 aromatic carbocycles. The summed E-state index contributed by atoms with van der Waals surface area (Å²) in [5, 5.41) is 0. The van der Waals surface area contributed by atoms with Gasteiger partial charge in [-0.1, -0.05) is 11.6 Å². The molecule has 0 radical (unpaired) electrons. The second-order valence-corrected chi connectivity index (χ2v) is 2.50. The summed E-state index contributed by atoms with van der Waals surface area (Å²) < 4.78 is 4.97. The van der Waals surface area contributed by atoms with E-state index in [1.165, 1.54) is 5.57 Å². The SMILES string of the molecule is CC1=CC=C(OP)CC1. The summed E-state index contributed by atoms with van der Waals surface area (Å²) >= 11 is 0. The number of allylic oxidation sites excluding steroid dienone is 4. The second-order valence-electron chi connectivity index (χ2n) is 2.26. The fraction of sp³-hybridized carbons (Fsp3) is 0.429. The molecule has 1 unspecified atom stereocenters. The van der Waals surface area contributed by atoms with Crippen molar-refractivity contribution in [2.75, 3.05) is 0 Å². The molecule has 0 saturated heterocycles. The molecule has 0 spiro atoms. The smallest absolute Gasteiger partial charge is 0.0995 e. The molecule has 1 aliphatic carbocycles. The van der Waals surface area contributed by atoms with E-state index >= 15 is 0 Å². The van der Waals surface area contributed by atoms with Crippen LogP contribution in [0.5, 0.6) is 0 Å². The highest BCUT2D eigenvalue weighted by atomic mass is 31.0. The molecule has 1 atom stereocenters. The Morgan fingerprint density at radius 3 is 2.67 bits per heavy atom. The van der Waals surface area contributed by atoms with Gasteiger partial charge in [0.15, 0.2) is 0 Å². The number of hydrogen-bond donors (Lipinski definition) is 0. The molecule has 0 fully saturated rings. The third-order valence-electron chi connectivity index (χ3n) is 1.47. The molecule has 0 aromatic heterocycles. The van der Waals surface area contributed by atoms with Crippen molar-refractivity contribution in [1.82, 2.24) is 0 Å². The van der Waals surface area contributed by atoms with Crippen LogP contribution in [0.15, 0.2) is 23.5 Å². The molecule has 0 aliphatic heterocycles. The van der Waals surface area contributed by atoms with Crippen LogP contribution in [0.2, 0.25) is 0 Å². The summed E-state index contributed by atoms with van der Waals surface area (Å²) in [5.41, 5.74) is 1.43. The first-order valence-electron chi connectivity index (χ1n) is 3.06. The minimum absolute atomic E-state index is 1.05. The number of rotatable bonds is 1. The Balaban J connectivity index is 2.59. The van der Waals surface area contributed by atoms with Crippen molar-refractivity contribution in [1.29, 1.82) is 0 Å². The summed E-state index contributed by atoms with van der Waals surface area (Å²) in [7, 11) is 2.26. The van der Waals surface area contributed by atoms with Gasteiger partial charge < -0.3 is 4.52 Å². The molecule has 50 valence electrons. The van der Waals surface area contributed by atoms with Crippen molar-refractivity contribution in [3.8, 4) is 0 Å². The minimum atomic E-state index is 1.05. The quantitative estimate of drug-likeness (QED) is 0.511. The first-order valence-corrected chi connectivity index (χ1v) is 3.53. The summed E-state index contributed by atoms with van der Waals surface area (Å²) in [6.07, 6.45) is 6.31. The largest absolute Gasteiger partial charge is 0.485 e. The van der Waals surface area contributed by atoms with Crippen molar-refractivity contribution in [2.45, 2.75) is 19.8 Å². The lowest BCUT2D eigenvalue weighted by molar-refractivity contribution is 0.463. The molecule has 0 amide bonds. The molecule has 1 nitrogen and oxygen atoms in total. The average Bonchev–Trinajstić information content (AvgIpc) is 1.90. The monoisotopic (exact) mass is 142 g/mol. The van der Waals surface area contributed by atoms with Gasteiger partial charge >= 0.3 is 0 Å². The van der Waals surface area contributed by atoms with E-state index < -0.39 is 0 Å². The van der Waals surface area contributed by atoms with Gasteiger partial charge in [-0.25, -0.2) is 0 Å². The van der Waals surface area contributed by atoms with Crippen molar-refractivity contribution in [3.63, 3.8) is 0 Å². The Bertz CT molecular complexity index is 158. The average molecular weight is 142 g/mol. The Kier molecular flexibility index (Phi) is 2.29. The minimum Gasteiger partial charge on any atom is -0.485 e. The fourth-order valence-corrected chi connectivity index (χ4v) is 1.02. The van der Waals surface area contributed by atoms with Crippen LogP contribution in [-0.2, 0) is 4.52 Å². The van der Waals surface area contributed by atoms with Gasteiger partial charge in [0.05, 0.1) is 15.2 Å². The van der Waals surface area contributed by atoms with E-state index in [0.29, 0.717) is 0 Å². The predicted molar refractivity (Wildman–Crippen MR) is 41.9 cm³/mol. The highest BCUT2D eigenvalue weighted by Crippen LogP contribution is 2.19. The topological polar surface area (TPSA) is 9.23 Å². The van der Waals surface area contributed by atoms with E-state index in [2.05, 4.69) is 22.5 Å². The van der Waals surface area contributed by atoms with E-state index in [1.54, 1.807) is 0 Å². The molecular weight excluding hydrogens is 131 g/mol. The molecule has 0 aromatic rings. The Hall–Kier alpha value is -0.290. The van der Waals surface area contributed by atoms with Crippen LogP contribution in [0.1, 0.15) is 19.8 Å². The van der Waals surface area contributed by atoms with Gasteiger partial charge in [0.25, 0.3) is 0 Å². The molecule has 0 saturated carbocycles. The number of hydrogen-bond acceptors (Lipinski definition) is 1. The zero-order chi connectivity index (χ0) is 6.69. The maximum absolute atomic E-state index is 4.97. The Morgan fingerprint density at radius 1 is 1.44 bits per heavy atom. The first kappa shape index (κ1) is 6.82. The molecular formula is C7H11OP. The second kappa shape index (κ2) is 3.03. The van der Waals surface area contributed by atoms with E-state index in [-0.39, 0.29) is 0 Å². The third kappa shape index (κ3) is 1.83. The summed E-state index contributed by atoms with van der Waals surface area (Å²) in [5.74, 6) is 1.06. The summed E-state index contributed by atoms with van der Waals surface area (Å²) in [6, 6.07) is 0. The van der Waals surface area contributed by atoms with Gasteiger partial charge in [0, 0.05) is 6.42 Å². The molecule has 1 aliphatic rings. The van der Waals surface area contributed by atoms with E-state index in [1.807, 2.05) is 6.08 Å². The summed E-state index contributed by atoms with van der Waals surface area (Å²) in [4.78, 5) is 0. The lowest BCUT2D eigenvalue weighted by Gasteiger charge is -2.09. The summed E-state index contributed by atoms with van der Waals surface area (Å²) in [6.45, 7) is 2.14.